The van der Waals surface area contributed by atoms with E-state index in [1.54, 1.807) is 0 Å². The van der Waals surface area contributed by atoms with Crippen molar-refractivity contribution in [2.45, 2.75) is 25.3 Å². The molecule has 0 aromatic heterocycles. The summed E-state index contributed by atoms with van der Waals surface area (Å²) in [5.74, 6) is -0.468. The van der Waals surface area contributed by atoms with E-state index < -0.39 is 0 Å². The third-order valence-electron chi connectivity index (χ3n) is 5.59. The van der Waals surface area contributed by atoms with Gasteiger partial charge in [0.05, 0.1) is 6.42 Å². The molecule has 0 aliphatic carbocycles. The van der Waals surface area contributed by atoms with Gasteiger partial charge in [0.15, 0.2) is 0 Å². The molecule has 2 aliphatic rings. The van der Waals surface area contributed by atoms with Crippen LogP contribution < -0.4 is 0 Å². The Morgan fingerprint density at radius 2 is 1.45 bits per heavy atom. The quantitative estimate of drug-likeness (QED) is 0.749. The monoisotopic (exact) mass is 392 g/mol. The van der Waals surface area contributed by atoms with Gasteiger partial charge in [-0.05, 0) is 29.5 Å². The molecule has 150 valence electrons. The van der Waals surface area contributed by atoms with Crippen molar-refractivity contribution in [3.8, 4) is 11.1 Å². The van der Waals surface area contributed by atoms with Crippen LogP contribution in [0.1, 0.15) is 18.4 Å². The maximum atomic E-state index is 12.7. The number of morpholine rings is 1. The van der Waals surface area contributed by atoms with Crippen LogP contribution in [-0.2, 0) is 25.5 Å². The molecule has 4 rings (SSSR count). The minimum absolute atomic E-state index is 0.0378. The van der Waals surface area contributed by atoms with E-state index in [1.807, 2.05) is 47.4 Å². The van der Waals surface area contributed by atoms with E-state index in [1.165, 1.54) is 4.90 Å². The van der Waals surface area contributed by atoms with Gasteiger partial charge < -0.3 is 9.64 Å². The molecule has 0 radical (unpaired) electrons. The summed E-state index contributed by atoms with van der Waals surface area (Å²) in [4.78, 5) is 39.8. The van der Waals surface area contributed by atoms with Crippen LogP contribution in [0.15, 0.2) is 54.6 Å². The third-order valence-corrected chi connectivity index (χ3v) is 5.59. The highest BCUT2D eigenvalue weighted by atomic mass is 16.5. The van der Waals surface area contributed by atoms with Gasteiger partial charge in [-0.1, -0.05) is 54.6 Å². The zero-order chi connectivity index (χ0) is 20.2. The molecule has 29 heavy (non-hydrogen) atoms. The van der Waals surface area contributed by atoms with Gasteiger partial charge in [-0.25, -0.2) is 0 Å². The summed E-state index contributed by atoms with van der Waals surface area (Å²) in [7, 11) is 0. The summed E-state index contributed by atoms with van der Waals surface area (Å²) in [6.45, 7) is 1.04. The average Bonchev–Trinajstić information content (AvgIpc) is 2.75. The highest BCUT2D eigenvalue weighted by Gasteiger charge is 2.35. The number of benzene rings is 2. The Balaban J connectivity index is 1.32. The Morgan fingerprint density at radius 3 is 2.07 bits per heavy atom. The molecule has 0 N–H and O–H groups in total. The summed E-state index contributed by atoms with van der Waals surface area (Å²) in [6.07, 6.45) is 1.60. The van der Waals surface area contributed by atoms with E-state index in [9.17, 15) is 14.4 Å². The molecule has 0 bridgehead atoms. The second-order valence-corrected chi connectivity index (χ2v) is 7.50. The number of hydrogen-bond donors (Lipinski definition) is 0. The number of piperidine rings is 1. The fourth-order valence-corrected chi connectivity index (χ4v) is 4.02. The van der Waals surface area contributed by atoms with Crippen molar-refractivity contribution in [3.63, 3.8) is 0 Å². The number of carbonyl (C=O) groups excluding carboxylic acids is 3. The van der Waals surface area contributed by atoms with Crippen molar-refractivity contribution in [1.82, 2.24) is 9.80 Å². The first-order valence-electron chi connectivity index (χ1n) is 9.96. The lowest BCUT2D eigenvalue weighted by Gasteiger charge is -2.38. The lowest BCUT2D eigenvalue weighted by molar-refractivity contribution is -0.162. The second kappa shape index (κ2) is 8.57. The van der Waals surface area contributed by atoms with E-state index >= 15 is 0 Å². The summed E-state index contributed by atoms with van der Waals surface area (Å²) < 4.78 is 4.97. The first kappa shape index (κ1) is 19.3. The zero-order valence-electron chi connectivity index (χ0n) is 16.3. The SMILES string of the molecule is O=C(Cc1ccc(-c2ccccc2)cc1)N1CCC(N2C(=O)COCC2=O)CC1. The summed E-state index contributed by atoms with van der Waals surface area (Å²) in [5, 5.41) is 0. The fraction of sp³-hybridized carbons (Fsp3) is 0.348. The maximum absolute atomic E-state index is 12.7. The number of amides is 3. The van der Waals surface area contributed by atoms with Crippen LogP contribution in [0.25, 0.3) is 11.1 Å². The van der Waals surface area contributed by atoms with Gasteiger partial charge >= 0.3 is 0 Å². The third kappa shape index (κ3) is 4.38. The molecule has 0 spiro atoms. The standard InChI is InChI=1S/C23H24N2O4/c26-21(14-17-6-8-19(9-7-17)18-4-2-1-3-5-18)24-12-10-20(11-13-24)25-22(27)15-29-16-23(25)28/h1-9,20H,10-16H2. The highest BCUT2D eigenvalue weighted by molar-refractivity contribution is 5.98. The van der Waals surface area contributed by atoms with Crippen molar-refractivity contribution in [3.05, 3.63) is 60.2 Å². The molecule has 0 unspecified atom stereocenters. The molecule has 3 amide bonds. The predicted molar refractivity (Wildman–Crippen MR) is 108 cm³/mol. The van der Waals surface area contributed by atoms with Crippen molar-refractivity contribution in [1.29, 1.82) is 0 Å². The Kier molecular flexibility index (Phi) is 5.71. The van der Waals surface area contributed by atoms with Gasteiger partial charge in [0, 0.05) is 19.1 Å². The van der Waals surface area contributed by atoms with Gasteiger partial charge in [-0.15, -0.1) is 0 Å². The van der Waals surface area contributed by atoms with Crippen molar-refractivity contribution < 1.29 is 19.1 Å². The number of rotatable bonds is 4. The Morgan fingerprint density at radius 1 is 0.862 bits per heavy atom. The Hall–Kier alpha value is -2.99. The smallest absolute Gasteiger partial charge is 0.255 e. The second-order valence-electron chi connectivity index (χ2n) is 7.50. The minimum atomic E-state index is -0.274. The number of carbonyl (C=O) groups is 3. The Labute approximate surface area is 170 Å². The molecule has 0 saturated carbocycles. The topological polar surface area (TPSA) is 66.9 Å². The van der Waals surface area contributed by atoms with E-state index in [2.05, 4.69) is 12.1 Å². The van der Waals surface area contributed by atoms with Crippen molar-refractivity contribution in [2.75, 3.05) is 26.3 Å². The van der Waals surface area contributed by atoms with Crippen molar-refractivity contribution in [2.24, 2.45) is 0 Å². The first-order valence-corrected chi connectivity index (χ1v) is 9.96. The number of hydrogen-bond acceptors (Lipinski definition) is 4. The summed E-state index contributed by atoms with van der Waals surface area (Å²) >= 11 is 0. The van der Waals surface area contributed by atoms with Crippen LogP contribution in [0.4, 0.5) is 0 Å². The lowest BCUT2D eigenvalue weighted by atomic mass is 10.0. The van der Waals surface area contributed by atoms with Gasteiger partial charge in [0.25, 0.3) is 11.8 Å². The van der Waals surface area contributed by atoms with Gasteiger partial charge in [-0.3, -0.25) is 19.3 Å². The fourth-order valence-electron chi connectivity index (χ4n) is 4.02. The van der Waals surface area contributed by atoms with E-state index in [4.69, 9.17) is 4.74 Å². The molecule has 2 aromatic rings. The molecular formula is C23H24N2O4. The average molecular weight is 392 g/mol. The van der Waals surface area contributed by atoms with Gasteiger partial charge in [-0.2, -0.15) is 0 Å². The molecule has 2 fully saturated rings. The minimum Gasteiger partial charge on any atom is -0.362 e. The highest BCUT2D eigenvalue weighted by Crippen LogP contribution is 2.22. The van der Waals surface area contributed by atoms with E-state index in [0.717, 1.165) is 16.7 Å². The number of imide groups is 1. The van der Waals surface area contributed by atoms with Crippen LogP contribution in [0, 0.1) is 0 Å². The molecule has 2 heterocycles. The van der Waals surface area contributed by atoms with Gasteiger partial charge in [0.2, 0.25) is 5.91 Å². The van der Waals surface area contributed by atoms with Crippen LogP contribution in [0.3, 0.4) is 0 Å². The maximum Gasteiger partial charge on any atom is 0.255 e. The van der Waals surface area contributed by atoms with E-state index in [0.29, 0.717) is 32.4 Å². The molecular weight excluding hydrogens is 368 g/mol. The number of likely N-dealkylation sites (tertiary alicyclic amines) is 1. The number of nitrogens with zero attached hydrogens (tertiary/aromatic N) is 2. The normalized spacial score (nSPS) is 18.2. The zero-order valence-corrected chi connectivity index (χ0v) is 16.3. The largest absolute Gasteiger partial charge is 0.362 e. The van der Waals surface area contributed by atoms with E-state index in [-0.39, 0.29) is 37.0 Å². The lowest BCUT2D eigenvalue weighted by Crippen LogP contribution is -2.55. The predicted octanol–water partition coefficient (Wildman–Crippen LogP) is 2.27. The summed E-state index contributed by atoms with van der Waals surface area (Å²) in [6, 6.07) is 18.1. The van der Waals surface area contributed by atoms with Crippen LogP contribution >= 0.6 is 0 Å². The van der Waals surface area contributed by atoms with Crippen LogP contribution in [-0.4, -0.2) is 59.9 Å². The molecule has 6 heteroatoms. The van der Waals surface area contributed by atoms with Crippen LogP contribution in [0.2, 0.25) is 0 Å². The van der Waals surface area contributed by atoms with Crippen molar-refractivity contribution >= 4 is 17.7 Å². The summed E-state index contributed by atoms with van der Waals surface area (Å²) in [5.41, 5.74) is 3.26. The molecule has 2 aliphatic heterocycles. The molecule has 2 saturated heterocycles. The number of ether oxygens (including phenoxy) is 1. The Bertz CT molecular complexity index is 871. The molecule has 6 nitrogen and oxygen atoms in total. The van der Waals surface area contributed by atoms with Gasteiger partial charge in [0.1, 0.15) is 13.2 Å². The van der Waals surface area contributed by atoms with Crippen LogP contribution in [0.5, 0.6) is 0 Å². The first-order chi connectivity index (χ1) is 14.1. The molecule has 2 aromatic carbocycles. The molecule has 0 atom stereocenters.